The molecule has 6 nitrogen and oxygen atoms in total. The molecule has 6 heteroatoms. The number of carbonyl (C=O) groups is 1. The first kappa shape index (κ1) is 14.1. The number of hydrogen-bond donors (Lipinski definition) is 3. The van der Waals surface area contributed by atoms with Crippen LogP contribution in [-0.2, 0) is 0 Å². The number of urea groups is 1. The molecule has 20 heavy (non-hydrogen) atoms. The zero-order chi connectivity index (χ0) is 14.5. The summed E-state index contributed by atoms with van der Waals surface area (Å²) in [6.45, 7) is 3.84. The van der Waals surface area contributed by atoms with Gasteiger partial charge in [-0.15, -0.1) is 0 Å². The van der Waals surface area contributed by atoms with Crippen molar-refractivity contribution in [3.63, 3.8) is 0 Å². The topological polar surface area (TPSA) is 79.2 Å². The molecule has 2 rings (SSSR count). The van der Waals surface area contributed by atoms with Gasteiger partial charge in [0, 0.05) is 11.7 Å². The van der Waals surface area contributed by atoms with Crippen LogP contribution in [0.4, 0.5) is 16.5 Å². The molecule has 3 N–H and O–H groups in total. The first-order valence-corrected chi connectivity index (χ1v) is 6.36. The maximum Gasteiger partial charge on any atom is 0.327 e. The number of anilines is 2. The number of nitrogens with one attached hydrogen (secondary N) is 3. The fourth-order valence-electron chi connectivity index (χ4n) is 1.72. The molecule has 2 amide bonds. The number of hydrogen-bond acceptors (Lipinski definition) is 4. The summed E-state index contributed by atoms with van der Waals surface area (Å²) in [5, 5.41) is 8.42. The van der Waals surface area contributed by atoms with Crippen molar-refractivity contribution in [3.05, 3.63) is 41.8 Å². The van der Waals surface area contributed by atoms with Crippen LogP contribution in [0.3, 0.4) is 0 Å². The summed E-state index contributed by atoms with van der Waals surface area (Å²) in [4.78, 5) is 15.8. The van der Waals surface area contributed by atoms with Crippen molar-refractivity contribution in [3.8, 4) is 0 Å². The van der Waals surface area contributed by atoms with Crippen LogP contribution in [0.5, 0.6) is 0 Å². The predicted octanol–water partition coefficient (Wildman–Crippen LogP) is 2.91. The van der Waals surface area contributed by atoms with Crippen LogP contribution in [-0.4, -0.2) is 18.1 Å². The van der Waals surface area contributed by atoms with Gasteiger partial charge in [-0.25, -0.2) is 4.79 Å². The molecule has 0 radical (unpaired) electrons. The zero-order valence-electron chi connectivity index (χ0n) is 11.7. The van der Waals surface area contributed by atoms with Gasteiger partial charge in [0.05, 0.1) is 5.69 Å². The molecule has 0 spiro atoms. The van der Waals surface area contributed by atoms with Crippen LogP contribution in [0.1, 0.15) is 24.2 Å². The van der Waals surface area contributed by atoms with Crippen LogP contribution in [0.15, 0.2) is 34.9 Å². The van der Waals surface area contributed by atoms with E-state index in [9.17, 15) is 4.79 Å². The maximum absolute atomic E-state index is 11.8. The number of aryl methyl sites for hydroxylation is 1. The lowest BCUT2D eigenvalue weighted by Gasteiger charge is -2.12. The zero-order valence-corrected chi connectivity index (χ0v) is 11.7. The first-order valence-electron chi connectivity index (χ1n) is 6.36. The summed E-state index contributed by atoms with van der Waals surface area (Å²) in [6, 6.07) is 7.65. The molecule has 0 saturated heterocycles. The number of carbonyl (C=O) groups excluding carboxylic acids is 1. The van der Waals surface area contributed by atoms with Crippen LogP contribution < -0.4 is 16.0 Å². The third-order valence-corrected chi connectivity index (χ3v) is 2.92. The Labute approximate surface area is 117 Å². The Bertz CT molecular complexity index is 594. The van der Waals surface area contributed by atoms with Gasteiger partial charge in [0.1, 0.15) is 6.26 Å². The van der Waals surface area contributed by atoms with E-state index in [1.807, 2.05) is 31.3 Å². The summed E-state index contributed by atoms with van der Waals surface area (Å²) in [5.41, 5.74) is 2.52. The van der Waals surface area contributed by atoms with Gasteiger partial charge in [-0.1, -0.05) is 12.1 Å². The molecule has 0 saturated carbocycles. The van der Waals surface area contributed by atoms with E-state index < -0.39 is 0 Å². The van der Waals surface area contributed by atoms with Crippen molar-refractivity contribution in [1.29, 1.82) is 0 Å². The molecule has 0 aliphatic heterocycles. The summed E-state index contributed by atoms with van der Waals surface area (Å²) < 4.78 is 5.06. The van der Waals surface area contributed by atoms with Crippen LogP contribution >= 0.6 is 0 Å². The average molecular weight is 274 g/mol. The Morgan fingerprint density at radius 2 is 2.15 bits per heavy atom. The van der Waals surface area contributed by atoms with Crippen molar-refractivity contribution >= 4 is 17.7 Å². The Kier molecular flexibility index (Phi) is 4.37. The molecule has 1 heterocycles. The second-order valence-corrected chi connectivity index (χ2v) is 4.51. The van der Waals surface area contributed by atoms with Crippen molar-refractivity contribution in [2.75, 3.05) is 17.7 Å². The monoisotopic (exact) mass is 274 g/mol. The highest BCUT2D eigenvalue weighted by Gasteiger charge is 2.08. The molecule has 0 fully saturated rings. The molecule has 106 valence electrons. The minimum atomic E-state index is -0.388. The summed E-state index contributed by atoms with van der Waals surface area (Å²) in [5.74, 6) is 0. The van der Waals surface area contributed by atoms with Crippen molar-refractivity contribution in [2.24, 2.45) is 0 Å². The summed E-state index contributed by atoms with van der Waals surface area (Å²) in [7, 11) is 1.89. The minimum Gasteiger partial charge on any atom is -0.432 e. The number of nitrogens with zero attached hydrogens (tertiary/aromatic N) is 1. The standard InChI is InChI=1S/C14H18N4O2/c1-9-8-20-14(16-9)18-13(19)17-12-6-4-5-11(7-12)10(2)15-3/h4-8,10,15H,1-3H3,(H2,16,17,18,19). The molecule has 1 atom stereocenters. The van der Waals surface area contributed by atoms with E-state index in [1.165, 1.54) is 6.26 Å². The Hall–Kier alpha value is -2.34. The first-order chi connectivity index (χ1) is 9.58. The molecular weight excluding hydrogens is 256 g/mol. The molecule has 0 bridgehead atoms. The lowest BCUT2D eigenvalue weighted by molar-refractivity contribution is 0.261. The largest absolute Gasteiger partial charge is 0.432 e. The van der Waals surface area contributed by atoms with E-state index in [2.05, 4.69) is 27.9 Å². The molecular formula is C14H18N4O2. The fraction of sp³-hybridized carbons (Fsp3) is 0.286. The highest BCUT2D eigenvalue weighted by atomic mass is 16.4. The maximum atomic E-state index is 11.8. The van der Waals surface area contributed by atoms with Gasteiger partial charge < -0.3 is 15.1 Å². The van der Waals surface area contributed by atoms with Crippen LogP contribution in [0.25, 0.3) is 0 Å². The Balaban J connectivity index is 2.00. The number of rotatable bonds is 4. The normalized spacial score (nSPS) is 11.9. The SMILES string of the molecule is CNC(C)c1cccc(NC(=O)Nc2nc(C)co2)c1. The summed E-state index contributed by atoms with van der Waals surface area (Å²) >= 11 is 0. The number of amides is 2. The van der Waals surface area contributed by atoms with E-state index in [0.717, 1.165) is 5.56 Å². The molecule has 0 aliphatic rings. The Morgan fingerprint density at radius 1 is 1.35 bits per heavy atom. The Morgan fingerprint density at radius 3 is 2.80 bits per heavy atom. The molecule has 2 aromatic rings. The highest BCUT2D eigenvalue weighted by molar-refractivity contribution is 5.98. The van der Waals surface area contributed by atoms with Gasteiger partial charge >= 0.3 is 12.0 Å². The molecule has 0 aliphatic carbocycles. The molecule has 1 aromatic carbocycles. The van der Waals surface area contributed by atoms with Gasteiger partial charge in [-0.05, 0) is 38.6 Å². The highest BCUT2D eigenvalue weighted by Crippen LogP contribution is 2.17. The van der Waals surface area contributed by atoms with E-state index in [-0.39, 0.29) is 18.1 Å². The second-order valence-electron chi connectivity index (χ2n) is 4.51. The van der Waals surface area contributed by atoms with E-state index >= 15 is 0 Å². The third kappa shape index (κ3) is 3.58. The van der Waals surface area contributed by atoms with Crippen LogP contribution in [0.2, 0.25) is 0 Å². The molecule has 1 unspecified atom stereocenters. The lowest BCUT2D eigenvalue weighted by Crippen LogP contribution is -2.20. The lowest BCUT2D eigenvalue weighted by atomic mass is 10.1. The summed E-state index contributed by atoms with van der Waals surface area (Å²) in [6.07, 6.45) is 1.48. The third-order valence-electron chi connectivity index (χ3n) is 2.92. The smallest absolute Gasteiger partial charge is 0.327 e. The van der Waals surface area contributed by atoms with Crippen molar-refractivity contribution < 1.29 is 9.21 Å². The van der Waals surface area contributed by atoms with Gasteiger partial charge in [0.15, 0.2) is 0 Å². The number of aromatic nitrogens is 1. The second kappa shape index (κ2) is 6.21. The number of benzene rings is 1. The van der Waals surface area contributed by atoms with Crippen molar-refractivity contribution in [1.82, 2.24) is 10.3 Å². The van der Waals surface area contributed by atoms with Crippen molar-refractivity contribution in [2.45, 2.75) is 19.9 Å². The van der Waals surface area contributed by atoms with E-state index in [0.29, 0.717) is 11.4 Å². The van der Waals surface area contributed by atoms with Gasteiger partial charge in [-0.2, -0.15) is 4.98 Å². The van der Waals surface area contributed by atoms with Gasteiger partial charge in [0.2, 0.25) is 0 Å². The quantitative estimate of drug-likeness (QED) is 0.801. The minimum absolute atomic E-state index is 0.180. The fourth-order valence-corrected chi connectivity index (χ4v) is 1.72. The van der Waals surface area contributed by atoms with Crippen LogP contribution in [0, 0.1) is 6.92 Å². The number of oxazole rings is 1. The van der Waals surface area contributed by atoms with E-state index in [4.69, 9.17) is 4.42 Å². The predicted molar refractivity (Wildman–Crippen MR) is 77.8 cm³/mol. The van der Waals surface area contributed by atoms with Gasteiger partial charge in [0.25, 0.3) is 0 Å². The van der Waals surface area contributed by atoms with E-state index in [1.54, 1.807) is 6.92 Å². The average Bonchev–Trinajstić information content (AvgIpc) is 2.83. The van der Waals surface area contributed by atoms with Gasteiger partial charge in [-0.3, -0.25) is 5.32 Å². The molecule has 1 aromatic heterocycles.